The number of carbonyl (C=O) groups excluding carboxylic acids is 2. The summed E-state index contributed by atoms with van der Waals surface area (Å²) in [5.41, 5.74) is 0.633. The maximum atomic E-state index is 11.2. The third-order valence-corrected chi connectivity index (χ3v) is 2.66. The standard InChI is InChI=1S/C15H22O4/c1-6-7-11(4)13(9-8-10(2)3)14(15(17)18)19-12(5)16/h11,13-14H,2,6-7H2,1,3-5H3,(H,17,18)/p-1. The van der Waals surface area contributed by atoms with Crippen LogP contribution in [-0.2, 0) is 14.3 Å². The van der Waals surface area contributed by atoms with Crippen LogP contribution in [0.15, 0.2) is 12.2 Å². The first-order valence-electron chi connectivity index (χ1n) is 6.34. The van der Waals surface area contributed by atoms with Gasteiger partial charge in [-0.3, -0.25) is 4.79 Å². The van der Waals surface area contributed by atoms with Gasteiger partial charge in [-0.15, -0.1) is 0 Å². The summed E-state index contributed by atoms with van der Waals surface area (Å²) < 4.78 is 4.84. The molecule has 0 aromatic rings. The Bertz CT molecular complexity index is 400. The molecule has 0 aliphatic carbocycles. The Morgan fingerprint density at radius 2 is 1.95 bits per heavy atom. The van der Waals surface area contributed by atoms with Gasteiger partial charge in [0, 0.05) is 6.92 Å². The van der Waals surface area contributed by atoms with Crippen LogP contribution in [-0.4, -0.2) is 18.0 Å². The summed E-state index contributed by atoms with van der Waals surface area (Å²) in [6.07, 6.45) is 0.346. The fourth-order valence-corrected chi connectivity index (χ4v) is 1.80. The van der Waals surface area contributed by atoms with Crippen molar-refractivity contribution in [2.45, 2.75) is 46.6 Å². The van der Waals surface area contributed by atoms with Crippen molar-refractivity contribution in [3.05, 3.63) is 12.2 Å². The first-order chi connectivity index (χ1) is 8.79. The van der Waals surface area contributed by atoms with Crippen LogP contribution in [0.25, 0.3) is 0 Å². The Kier molecular flexibility index (Phi) is 7.59. The van der Waals surface area contributed by atoms with Gasteiger partial charge in [-0.25, -0.2) is 0 Å². The molecule has 106 valence electrons. The molecule has 0 aromatic heterocycles. The zero-order valence-electron chi connectivity index (χ0n) is 12.0. The molecule has 0 heterocycles. The van der Waals surface area contributed by atoms with Gasteiger partial charge in [-0.1, -0.05) is 38.7 Å². The van der Waals surface area contributed by atoms with Crippen molar-refractivity contribution < 1.29 is 19.4 Å². The molecule has 0 saturated carbocycles. The Balaban J connectivity index is 5.27. The molecule has 0 fully saturated rings. The van der Waals surface area contributed by atoms with Gasteiger partial charge < -0.3 is 14.6 Å². The second-order valence-electron chi connectivity index (χ2n) is 4.69. The highest BCUT2D eigenvalue weighted by molar-refractivity contribution is 5.76. The van der Waals surface area contributed by atoms with Gasteiger partial charge in [-0.2, -0.15) is 0 Å². The van der Waals surface area contributed by atoms with Crippen LogP contribution in [0.4, 0.5) is 0 Å². The van der Waals surface area contributed by atoms with Gasteiger partial charge in [0.1, 0.15) is 0 Å². The molecule has 0 aliphatic heterocycles. The number of carbonyl (C=O) groups is 2. The monoisotopic (exact) mass is 265 g/mol. The Hall–Kier alpha value is -1.76. The lowest BCUT2D eigenvalue weighted by Gasteiger charge is -2.28. The summed E-state index contributed by atoms with van der Waals surface area (Å²) in [4.78, 5) is 22.2. The molecule has 0 rings (SSSR count). The molecule has 3 unspecified atom stereocenters. The summed E-state index contributed by atoms with van der Waals surface area (Å²) >= 11 is 0. The van der Waals surface area contributed by atoms with E-state index in [2.05, 4.69) is 18.4 Å². The van der Waals surface area contributed by atoms with Crippen LogP contribution in [0.3, 0.4) is 0 Å². The second-order valence-corrected chi connectivity index (χ2v) is 4.69. The molecule has 3 atom stereocenters. The number of esters is 1. The summed E-state index contributed by atoms with van der Waals surface area (Å²) in [6, 6.07) is 0. The predicted molar refractivity (Wildman–Crippen MR) is 70.7 cm³/mol. The second kappa shape index (κ2) is 8.36. The van der Waals surface area contributed by atoms with Gasteiger partial charge in [0.2, 0.25) is 0 Å². The van der Waals surface area contributed by atoms with E-state index in [1.54, 1.807) is 6.92 Å². The third-order valence-electron chi connectivity index (χ3n) is 2.66. The van der Waals surface area contributed by atoms with E-state index in [0.29, 0.717) is 5.57 Å². The van der Waals surface area contributed by atoms with Crippen molar-refractivity contribution >= 4 is 11.9 Å². The van der Waals surface area contributed by atoms with Crippen molar-refractivity contribution in [2.75, 3.05) is 0 Å². The van der Waals surface area contributed by atoms with E-state index in [1.165, 1.54) is 6.92 Å². The fourth-order valence-electron chi connectivity index (χ4n) is 1.80. The summed E-state index contributed by atoms with van der Waals surface area (Å²) in [7, 11) is 0. The average molecular weight is 265 g/mol. The Morgan fingerprint density at radius 1 is 1.37 bits per heavy atom. The van der Waals surface area contributed by atoms with E-state index < -0.39 is 24.0 Å². The predicted octanol–water partition coefficient (Wildman–Crippen LogP) is 1.30. The number of carboxylic acid groups (broad SMARTS) is 1. The number of carboxylic acids is 1. The average Bonchev–Trinajstić information content (AvgIpc) is 2.27. The lowest BCUT2D eigenvalue weighted by Crippen LogP contribution is -2.45. The number of ether oxygens (including phenoxy) is 1. The normalized spacial score (nSPS) is 14.5. The molecule has 0 saturated heterocycles. The van der Waals surface area contributed by atoms with Crippen LogP contribution >= 0.6 is 0 Å². The summed E-state index contributed by atoms with van der Waals surface area (Å²) in [5.74, 6) is 2.93. The molecule has 0 amide bonds. The smallest absolute Gasteiger partial charge is 0.303 e. The molecule has 0 spiro atoms. The number of hydrogen-bond acceptors (Lipinski definition) is 4. The number of allylic oxidation sites excluding steroid dienone is 1. The number of aliphatic carboxylic acids is 1. The third kappa shape index (κ3) is 6.66. The van der Waals surface area contributed by atoms with Crippen molar-refractivity contribution in [3.63, 3.8) is 0 Å². The summed E-state index contributed by atoms with van der Waals surface area (Å²) in [5, 5.41) is 11.2. The lowest BCUT2D eigenvalue weighted by molar-refractivity contribution is -0.317. The maximum absolute atomic E-state index is 11.2. The highest BCUT2D eigenvalue weighted by Crippen LogP contribution is 2.22. The maximum Gasteiger partial charge on any atom is 0.303 e. The first kappa shape index (κ1) is 17.2. The topological polar surface area (TPSA) is 66.4 Å². The van der Waals surface area contributed by atoms with E-state index in [-0.39, 0.29) is 5.92 Å². The van der Waals surface area contributed by atoms with Crippen molar-refractivity contribution in [3.8, 4) is 11.8 Å². The zero-order chi connectivity index (χ0) is 15.0. The van der Waals surface area contributed by atoms with Crippen LogP contribution in [0.5, 0.6) is 0 Å². The van der Waals surface area contributed by atoms with E-state index in [4.69, 9.17) is 4.74 Å². The largest absolute Gasteiger partial charge is 0.546 e. The van der Waals surface area contributed by atoms with E-state index >= 15 is 0 Å². The van der Waals surface area contributed by atoms with Gasteiger partial charge in [-0.05, 0) is 24.8 Å². The Labute approximate surface area is 114 Å². The van der Waals surface area contributed by atoms with Gasteiger partial charge in [0.15, 0.2) is 6.10 Å². The van der Waals surface area contributed by atoms with Crippen LogP contribution < -0.4 is 5.11 Å². The first-order valence-corrected chi connectivity index (χ1v) is 6.34. The van der Waals surface area contributed by atoms with Gasteiger partial charge >= 0.3 is 5.97 Å². The minimum atomic E-state index is -1.42. The number of rotatable bonds is 6. The Morgan fingerprint density at radius 3 is 2.32 bits per heavy atom. The van der Waals surface area contributed by atoms with Crippen LogP contribution in [0, 0.1) is 23.7 Å². The van der Waals surface area contributed by atoms with Crippen molar-refractivity contribution in [1.82, 2.24) is 0 Å². The van der Waals surface area contributed by atoms with Crippen LogP contribution in [0.2, 0.25) is 0 Å². The van der Waals surface area contributed by atoms with Gasteiger partial charge in [0.05, 0.1) is 11.9 Å². The van der Waals surface area contributed by atoms with Crippen molar-refractivity contribution in [2.24, 2.45) is 11.8 Å². The highest BCUT2D eigenvalue weighted by Gasteiger charge is 2.28. The van der Waals surface area contributed by atoms with Crippen LogP contribution in [0.1, 0.15) is 40.5 Å². The van der Waals surface area contributed by atoms with E-state index in [9.17, 15) is 14.7 Å². The highest BCUT2D eigenvalue weighted by atomic mass is 16.6. The van der Waals surface area contributed by atoms with E-state index in [0.717, 1.165) is 12.8 Å². The molecule has 0 aliphatic rings. The number of hydrogen-bond donors (Lipinski definition) is 0. The molecular formula is C15H21O4-. The van der Waals surface area contributed by atoms with E-state index in [1.807, 2.05) is 13.8 Å². The molecule has 4 nitrogen and oxygen atoms in total. The molecular weight excluding hydrogens is 244 g/mol. The zero-order valence-corrected chi connectivity index (χ0v) is 12.0. The molecule has 0 N–H and O–H groups in total. The molecule has 0 radical (unpaired) electrons. The fraction of sp³-hybridized carbons (Fsp3) is 0.600. The molecule has 4 heteroatoms. The molecule has 0 bridgehead atoms. The van der Waals surface area contributed by atoms with Crippen molar-refractivity contribution in [1.29, 1.82) is 0 Å². The molecule has 0 aromatic carbocycles. The minimum absolute atomic E-state index is 0.0147. The minimum Gasteiger partial charge on any atom is -0.546 e. The SMILES string of the molecule is C=C(C)C#CC(C(C)CCC)C(OC(C)=O)C(=O)[O-]. The quantitative estimate of drug-likeness (QED) is 0.536. The lowest BCUT2D eigenvalue weighted by atomic mass is 9.86. The van der Waals surface area contributed by atoms with Gasteiger partial charge in [0.25, 0.3) is 0 Å². The summed E-state index contributed by atoms with van der Waals surface area (Å²) in [6.45, 7) is 10.4. The molecule has 19 heavy (non-hydrogen) atoms.